The number of hydrogen-bond acceptors (Lipinski definition) is 5. The fourth-order valence-electron chi connectivity index (χ4n) is 7.90. The highest BCUT2D eigenvalue weighted by atomic mass is 32.2. The second kappa shape index (κ2) is 11.3. The molecule has 1 amide bonds. The van der Waals surface area contributed by atoms with Crippen LogP contribution in [0.5, 0.6) is 0 Å². The van der Waals surface area contributed by atoms with Gasteiger partial charge in [-0.2, -0.15) is 0 Å². The molecule has 7 rings (SSSR count). The zero-order chi connectivity index (χ0) is 26.9. The normalized spacial score (nSPS) is 27.8. The summed E-state index contributed by atoms with van der Waals surface area (Å²) in [6.07, 6.45) is 4.64. The predicted octanol–water partition coefficient (Wildman–Crippen LogP) is 5.46. The number of aliphatic hydroxyl groups excluding tert-OH is 1. The summed E-state index contributed by atoms with van der Waals surface area (Å²) >= 11 is 1.77. The maximum absolute atomic E-state index is 13.3. The highest BCUT2D eigenvalue weighted by molar-refractivity contribution is 7.98. The molecule has 0 bridgehead atoms. The molecule has 0 radical (unpaired) electrons. The Labute approximate surface area is 236 Å². The van der Waals surface area contributed by atoms with E-state index in [-0.39, 0.29) is 18.4 Å². The number of fused-ring (bicyclic) bond motifs is 9. The average molecular weight is 542 g/mol. The van der Waals surface area contributed by atoms with Gasteiger partial charge in [0.15, 0.2) is 0 Å². The quantitative estimate of drug-likeness (QED) is 0.406. The Morgan fingerprint density at radius 1 is 0.974 bits per heavy atom. The summed E-state index contributed by atoms with van der Waals surface area (Å²) in [6.45, 7) is 5.83. The molecule has 6 heteroatoms. The van der Waals surface area contributed by atoms with Crippen molar-refractivity contribution >= 4 is 23.4 Å². The first-order valence-electron chi connectivity index (χ1n) is 14.6. The molecule has 6 atom stereocenters. The number of aliphatic hydroxyl groups is 1. The van der Waals surface area contributed by atoms with Gasteiger partial charge in [0.1, 0.15) is 0 Å². The SMILES string of the molecule is CC.O=C1NCC2C1C1Cc3ccccc3CC1C1C2c2cc(CSc3ccccn3)ccc2N1CCCO. The third-order valence-electron chi connectivity index (χ3n) is 9.29. The molecule has 2 aliphatic carbocycles. The lowest BCUT2D eigenvalue weighted by molar-refractivity contribution is -0.127. The molecule has 5 nitrogen and oxygen atoms in total. The van der Waals surface area contributed by atoms with Crippen LogP contribution < -0.4 is 10.2 Å². The van der Waals surface area contributed by atoms with Gasteiger partial charge in [0.25, 0.3) is 0 Å². The molecule has 39 heavy (non-hydrogen) atoms. The van der Waals surface area contributed by atoms with E-state index in [0.717, 1.165) is 43.1 Å². The number of nitrogens with zero attached hydrogens (tertiary/aromatic N) is 2. The second-order valence-corrected chi connectivity index (χ2v) is 12.1. The van der Waals surface area contributed by atoms with Gasteiger partial charge < -0.3 is 15.3 Å². The smallest absolute Gasteiger partial charge is 0.223 e. The Bertz CT molecular complexity index is 1320. The summed E-state index contributed by atoms with van der Waals surface area (Å²) in [4.78, 5) is 20.4. The zero-order valence-corrected chi connectivity index (χ0v) is 23.7. The number of hydrogen-bond donors (Lipinski definition) is 2. The monoisotopic (exact) mass is 541 g/mol. The first kappa shape index (κ1) is 26.4. The molecule has 2 aromatic carbocycles. The standard InChI is InChI=1S/C31H33N3O2S.C2H6/c35-13-5-12-34-26-10-9-19(18-37-27-8-3-4-11-32-27)14-24(26)28-25-17-33-31(36)29(25)22-15-20-6-1-2-7-21(20)16-23(22)30(28)34;1-2/h1-4,6-11,14,22-23,25,28-30,35H,5,12-13,15-18H2,(H,33,36);1-2H3. The van der Waals surface area contributed by atoms with Crippen molar-refractivity contribution in [2.24, 2.45) is 23.7 Å². The minimum absolute atomic E-state index is 0.0804. The van der Waals surface area contributed by atoms with Crippen LogP contribution in [-0.2, 0) is 23.4 Å². The van der Waals surface area contributed by atoms with Crippen molar-refractivity contribution < 1.29 is 9.90 Å². The Morgan fingerprint density at radius 2 is 1.74 bits per heavy atom. The van der Waals surface area contributed by atoms with Gasteiger partial charge in [-0.15, -0.1) is 11.8 Å². The summed E-state index contributed by atoms with van der Waals surface area (Å²) in [5.41, 5.74) is 6.90. The third-order valence-corrected chi connectivity index (χ3v) is 10.3. The molecule has 2 fully saturated rings. The summed E-state index contributed by atoms with van der Waals surface area (Å²) < 4.78 is 0. The van der Waals surface area contributed by atoms with Gasteiger partial charge in [-0.25, -0.2) is 4.98 Å². The van der Waals surface area contributed by atoms with Gasteiger partial charge in [-0.1, -0.05) is 56.3 Å². The van der Waals surface area contributed by atoms with Crippen LogP contribution in [0.1, 0.15) is 48.4 Å². The first-order valence-corrected chi connectivity index (χ1v) is 15.6. The van der Waals surface area contributed by atoms with Crippen molar-refractivity contribution in [2.45, 2.75) is 55.8 Å². The number of nitrogens with one attached hydrogen (secondary N) is 1. The molecule has 3 aromatic rings. The van der Waals surface area contributed by atoms with Crippen LogP contribution in [0.3, 0.4) is 0 Å². The van der Waals surface area contributed by atoms with Crippen LogP contribution in [0.4, 0.5) is 5.69 Å². The van der Waals surface area contributed by atoms with Crippen LogP contribution in [0, 0.1) is 23.7 Å². The molecule has 2 aliphatic heterocycles. The molecule has 1 saturated carbocycles. The summed E-state index contributed by atoms with van der Waals surface area (Å²) in [5.74, 6) is 2.68. The number of anilines is 1. The van der Waals surface area contributed by atoms with E-state index in [0.29, 0.717) is 29.7 Å². The number of benzene rings is 2. The van der Waals surface area contributed by atoms with E-state index in [4.69, 9.17) is 0 Å². The molecule has 3 heterocycles. The second-order valence-electron chi connectivity index (χ2n) is 11.1. The number of rotatable bonds is 6. The van der Waals surface area contributed by atoms with E-state index in [2.05, 4.69) is 63.7 Å². The first-order chi connectivity index (χ1) is 19.2. The lowest BCUT2D eigenvalue weighted by Gasteiger charge is -2.51. The van der Waals surface area contributed by atoms with E-state index in [1.165, 1.54) is 27.9 Å². The highest BCUT2D eigenvalue weighted by Crippen LogP contribution is 2.59. The largest absolute Gasteiger partial charge is 0.396 e. The van der Waals surface area contributed by atoms with Crippen LogP contribution in [0.15, 0.2) is 71.9 Å². The van der Waals surface area contributed by atoms with Crippen molar-refractivity contribution in [3.05, 3.63) is 89.1 Å². The number of carbonyl (C=O) groups excluding carboxylic acids is 1. The van der Waals surface area contributed by atoms with Crippen molar-refractivity contribution in [3.63, 3.8) is 0 Å². The lowest BCUT2D eigenvalue weighted by Crippen LogP contribution is -2.55. The predicted molar refractivity (Wildman–Crippen MR) is 158 cm³/mol. The number of aromatic nitrogens is 1. The molecule has 2 N–H and O–H groups in total. The molecular weight excluding hydrogens is 502 g/mol. The van der Waals surface area contributed by atoms with E-state index < -0.39 is 0 Å². The molecule has 204 valence electrons. The van der Waals surface area contributed by atoms with E-state index >= 15 is 0 Å². The number of amides is 1. The Balaban J connectivity index is 0.00000135. The van der Waals surface area contributed by atoms with Gasteiger partial charge in [0.2, 0.25) is 5.91 Å². The lowest BCUT2D eigenvalue weighted by atomic mass is 9.55. The zero-order valence-electron chi connectivity index (χ0n) is 22.9. The Kier molecular flexibility index (Phi) is 7.68. The summed E-state index contributed by atoms with van der Waals surface area (Å²) in [6, 6.07) is 22.3. The molecule has 4 aliphatic rings. The van der Waals surface area contributed by atoms with Gasteiger partial charge in [0, 0.05) is 55.2 Å². The maximum Gasteiger partial charge on any atom is 0.223 e. The maximum atomic E-state index is 13.3. The van der Waals surface area contributed by atoms with Crippen LogP contribution in [0.25, 0.3) is 0 Å². The minimum atomic E-state index is 0.0804. The topological polar surface area (TPSA) is 65.5 Å². The molecule has 1 saturated heterocycles. The Hall–Kier alpha value is -2.83. The van der Waals surface area contributed by atoms with Crippen LogP contribution >= 0.6 is 11.8 Å². The van der Waals surface area contributed by atoms with Crippen LogP contribution in [-0.4, -0.2) is 41.7 Å². The van der Waals surface area contributed by atoms with Crippen molar-refractivity contribution in [1.82, 2.24) is 10.3 Å². The van der Waals surface area contributed by atoms with E-state index in [1.807, 2.05) is 32.2 Å². The number of thioether (sulfide) groups is 1. The fourth-order valence-corrected chi connectivity index (χ4v) is 8.70. The van der Waals surface area contributed by atoms with Crippen molar-refractivity contribution in [2.75, 3.05) is 24.6 Å². The van der Waals surface area contributed by atoms with E-state index in [1.54, 1.807) is 11.8 Å². The minimum Gasteiger partial charge on any atom is -0.396 e. The number of carbonyl (C=O) groups is 1. The fraction of sp³-hybridized carbons (Fsp3) is 0.455. The van der Waals surface area contributed by atoms with Gasteiger partial charge in [0.05, 0.1) is 5.03 Å². The van der Waals surface area contributed by atoms with Crippen LogP contribution in [0.2, 0.25) is 0 Å². The highest BCUT2D eigenvalue weighted by Gasteiger charge is 2.60. The average Bonchev–Trinajstić information content (AvgIpc) is 3.53. The molecule has 0 spiro atoms. The third kappa shape index (κ3) is 4.66. The van der Waals surface area contributed by atoms with Crippen molar-refractivity contribution in [1.29, 1.82) is 0 Å². The Morgan fingerprint density at radius 3 is 2.49 bits per heavy atom. The molecular formula is C33H39N3O2S. The summed E-state index contributed by atoms with van der Waals surface area (Å²) in [7, 11) is 0. The van der Waals surface area contributed by atoms with E-state index in [9.17, 15) is 9.90 Å². The summed E-state index contributed by atoms with van der Waals surface area (Å²) in [5, 5.41) is 14.1. The van der Waals surface area contributed by atoms with Gasteiger partial charge in [-0.3, -0.25) is 4.79 Å². The molecule has 1 aromatic heterocycles. The van der Waals surface area contributed by atoms with Gasteiger partial charge in [-0.05, 0) is 77.5 Å². The van der Waals surface area contributed by atoms with Crippen molar-refractivity contribution in [3.8, 4) is 0 Å². The van der Waals surface area contributed by atoms with Gasteiger partial charge >= 0.3 is 0 Å². The number of pyridine rings is 1. The molecule has 6 unspecified atom stereocenters.